The number of nitrogens with zero attached hydrogens (tertiary/aromatic N) is 3. The molecule has 0 atom stereocenters. The second-order valence-corrected chi connectivity index (χ2v) is 6.34. The van der Waals surface area contributed by atoms with Crippen molar-refractivity contribution in [2.75, 3.05) is 13.6 Å². The summed E-state index contributed by atoms with van der Waals surface area (Å²) >= 11 is 0. The van der Waals surface area contributed by atoms with E-state index in [0.29, 0.717) is 0 Å². The fraction of sp³-hybridized carbons (Fsp3) is 0.316. The van der Waals surface area contributed by atoms with Crippen LogP contribution < -0.4 is 0 Å². The van der Waals surface area contributed by atoms with Crippen LogP contribution in [-0.2, 0) is 25.9 Å². The number of rotatable bonds is 3. The van der Waals surface area contributed by atoms with E-state index < -0.39 is 0 Å². The topological polar surface area (TPSA) is 21.1 Å². The smallest absolute Gasteiger partial charge is 0.123 e. The third kappa shape index (κ3) is 3.04. The van der Waals surface area contributed by atoms with E-state index in [1.165, 1.54) is 16.8 Å². The number of hydrogen-bond donors (Lipinski definition) is 0. The largest absolute Gasteiger partial charge is 0.344 e. The lowest BCUT2D eigenvalue weighted by atomic mass is 10.0. The van der Waals surface area contributed by atoms with Gasteiger partial charge in [-0.2, -0.15) is 0 Å². The SMILES string of the molecule is CN1CCc2c(c3cc(F)ccc3n2CCc2cccnc2)C1.Cl. The van der Waals surface area contributed by atoms with Gasteiger partial charge in [-0.15, -0.1) is 12.4 Å². The van der Waals surface area contributed by atoms with E-state index in [9.17, 15) is 4.39 Å². The van der Waals surface area contributed by atoms with Gasteiger partial charge in [-0.1, -0.05) is 6.07 Å². The fourth-order valence-electron chi connectivity index (χ4n) is 3.60. The molecule has 3 aromatic rings. The maximum Gasteiger partial charge on any atom is 0.123 e. The van der Waals surface area contributed by atoms with Gasteiger partial charge in [0.05, 0.1) is 0 Å². The number of likely N-dealkylation sites (N-methyl/N-ethyl adjacent to an activating group) is 1. The van der Waals surface area contributed by atoms with Crippen LogP contribution in [0.4, 0.5) is 4.39 Å². The minimum atomic E-state index is -0.155. The molecular weight excluding hydrogens is 325 g/mol. The molecule has 4 rings (SSSR count). The Morgan fingerprint density at radius 1 is 1.25 bits per heavy atom. The van der Waals surface area contributed by atoms with Crippen molar-refractivity contribution in [1.82, 2.24) is 14.5 Å². The van der Waals surface area contributed by atoms with Crippen molar-refractivity contribution in [2.45, 2.75) is 25.9 Å². The molecule has 0 spiro atoms. The highest BCUT2D eigenvalue weighted by atomic mass is 35.5. The van der Waals surface area contributed by atoms with Gasteiger partial charge in [-0.3, -0.25) is 4.98 Å². The van der Waals surface area contributed by atoms with Crippen LogP contribution in [0, 0.1) is 5.82 Å². The molecule has 0 bridgehead atoms. The van der Waals surface area contributed by atoms with Gasteiger partial charge in [-0.05, 0) is 48.9 Å². The van der Waals surface area contributed by atoms with Crippen molar-refractivity contribution in [3.8, 4) is 0 Å². The van der Waals surface area contributed by atoms with Crippen LogP contribution in [-0.4, -0.2) is 28.0 Å². The summed E-state index contributed by atoms with van der Waals surface area (Å²) in [6.07, 6.45) is 5.69. The van der Waals surface area contributed by atoms with Gasteiger partial charge < -0.3 is 9.47 Å². The average Bonchev–Trinajstić information content (AvgIpc) is 2.86. The molecule has 0 saturated heterocycles. The maximum absolute atomic E-state index is 13.7. The van der Waals surface area contributed by atoms with Crippen molar-refractivity contribution in [2.24, 2.45) is 0 Å². The number of halogens is 2. The summed E-state index contributed by atoms with van der Waals surface area (Å²) in [5.41, 5.74) is 5.04. The maximum atomic E-state index is 13.7. The van der Waals surface area contributed by atoms with E-state index in [0.717, 1.165) is 43.4 Å². The van der Waals surface area contributed by atoms with Crippen molar-refractivity contribution >= 4 is 23.3 Å². The average molecular weight is 346 g/mol. The third-order valence-corrected chi connectivity index (χ3v) is 4.75. The Morgan fingerprint density at radius 2 is 2.12 bits per heavy atom. The van der Waals surface area contributed by atoms with Gasteiger partial charge in [0.15, 0.2) is 0 Å². The zero-order valence-corrected chi connectivity index (χ0v) is 14.5. The van der Waals surface area contributed by atoms with Crippen molar-refractivity contribution in [3.05, 3.63) is 65.4 Å². The third-order valence-electron chi connectivity index (χ3n) is 4.75. The lowest BCUT2D eigenvalue weighted by molar-refractivity contribution is 0.309. The summed E-state index contributed by atoms with van der Waals surface area (Å²) in [7, 11) is 2.13. The van der Waals surface area contributed by atoms with E-state index in [2.05, 4.69) is 27.6 Å². The number of pyridine rings is 1. The molecule has 126 valence electrons. The first-order chi connectivity index (χ1) is 11.2. The Kier molecular flexibility index (Phi) is 4.88. The van der Waals surface area contributed by atoms with Crippen LogP contribution in [0.1, 0.15) is 16.8 Å². The van der Waals surface area contributed by atoms with E-state index in [4.69, 9.17) is 0 Å². The Balaban J connectivity index is 0.00000169. The highest BCUT2D eigenvalue weighted by Crippen LogP contribution is 2.31. The Morgan fingerprint density at radius 3 is 2.92 bits per heavy atom. The molecule has 5 heteroatoms. The second-order valence-electron chi connectivity index (χ2n) is 6.34. The first kappa shape index (κ1) is 16.9. The van der Waals surface area contributed by atoms with Crippen LogP contribution in [0.15, 0.2) is 42.7 Å². The predicted octanol–water partition coefficient (Wildman–Crippen LogP) is 3.83. The molecule has 2 aromatic heterocycles. The lowest BCUT2D eigenvalue weighted by Crippen LogP contribution is -2.27. The molecular formula is C19H21ClFN3. The van der Waals surface area contributed by atoms with Crippen molar-refractivity contribution in [1.29, 1.82) is 0 Å². The number of hydrogen-bond acceptors (Lipinski definition) is 2. The van der Waals surface area contributed by atoms with E-state index in [-0.39, 0.29) is 18.2 Å². The monoisotopic (exact) mass is 345 g/mol. The summed E-state index contributed by atoms with van der Waals surface area (Å²) in [5.74, 6) is -0.155. The van der Waals surface area contributed by atoms with Crippen LogP contribution in [0.25, 0.3) is 10.9 Å². The normalized spacial score (nSPS) is 14.4. The standard InChI is InChI=1S/C19H20FN3.ClH/c1-22-9-7-19-17(13-22)16-11-15(20)4-5-18(16)23(19)10-6-14-3-2-8-21-12-14;/h2-5,8,11-12H,6-7,9-10,13H2,1H3;1H. The molecule has 1 aliphatic rings. The zero-order valence-electron chi connectivity index (χ0n) is 13.7. The number of aromatic nitrogens is 2. The quantitative estimate of drug-likeness (QED) is 0.719. The molecule has 0 unspecified atom stereocenters. The van der Waals surface area contributed by atoms with Gasteiger partial charge in [-0.25, -0.2) is 4.39 Å². The van der Waals surface area contributed by atoms with Gasteiger partial charge in [0.2, 0.25) is 0 Å². The molecule has 0 saturated carbocycles. The summed E-state index contributed by atoms with van der Waals surface area (Å²) in [6, 6.07) is 9.26. The molecule has 0 N–H and O–H groups in total. The van der Waals surface area contributed by atoms with Crippen molar-refractivity contribution in [3.63, 3.8) is 0 Å². The molecule has 1 aromatic carbocycles. The predicted molar refractivity (Wildman–Crippen MR) is 97.1 cm³/mol. The van der Waals surface area contributed by atoms with Gasteiger partial charge in [0.1, 0.15) is 5.82 Å². The first-order valence-corrected chi connectivity index (χ1v) is 8.09. The molecule has 0 aliphatic carbocycles. The number of aryl methyl sites for hydroxylation is 2. The molecule has 3 heterocycles. The summed E-state index contributed by atoms with van der Waals surface area (Å²) in [4.78, 5) is 6.49. The minimum absolute atomic E-state index is 0. The molecule has 24 heavy (non-hydrogen) atoms. The van der Waals surface area contributed by atoms with Gasteiger partial charge in [0, 0.05) is 55.0 Å². The summed E-state index contributed by atoms with van der Waals surface area (Å²) in [6.45, 7) is 2.86. The summed E-state index contributed by atoms with van der Waals surface area (Å²) in [5, 5.41) is 1.07. The van der Waals surface area contributed by atoms with E-state index >= 15 is 0 Å². The van der Waals surface area contributed by atoms with Crippen LogP contribution in [0.2, 0.25) is 0 Å². The van der Waals surface area contributed by atoms with Crippen molar-refractivity contribution < 1.29 is 4.39 Å². The molecule has 1 aliphatic heterocycles. The minimum Gasteiger partial charge on any atom is -0.344 e. The van der Waals surface area contributed by atoms with Crippen LogP contribution in [0.5, 0.6) is 0 Å². The fourth-order valence-corrected chi connectivity index (χ4v) is 3.60. The van der Waals surface area contributed by atoms with Crippen LogP contribution >= 0.6 is 12.4 Å². The Hall–Kier alpha value is -1.91. The second kappa shape index (κ2) is 6.91. The molecule has 0 radical (unpaired) electrons. The molecule has 3 nitrogen and oxygen atoms in total. The molecule has 0 amide bonds. The van der Waals surface area contributed by atoms with E-state index in [1.54, 1.807) is 18.3 Å². The van der Waals surface area contributed by atoms with Crippen LogP contribution in [0.3, 0.4) is 0 Å². The van der Waals surface area contributed by atoms with E-state index in [1.807, 2.05) is 18.3 Å². The first-order valence-electron chi connectivity index (χ1n) is 8.09. The Labute approximate surface area is 147 Å². The lowest BCUT2D eigenvalue weighted by Gasteiger charge is -2.24. The Bertz CT molecular complexity index is 845. The zero-order chi connectivity index (χ0) is 15.8. The van der Waals surface area contributed by atoms with Gasteiger partial charge >= 0.3 is 0 Å². The highest BCUT2D eigenvalue weighted by Gasteiger charge is 2.22. The summed E-state index contributed by atoms with van der Waals surface area (Å²) < 4.78 is 16.1. The number of fused-ring (bicyclic) bond motifs is 3. The van der Waals surface area contributed by atoms with Gasteiger partial charge in [0.25, 0.3) is 0 Å². The highest BCUT2D eigenvalue weighted by molar-refractivity contribution is 5.86. The number of benzene rings is 1. The molecule has 0 fully saturated rings.